The molecule has 1 aliphatic heterocycles. The van der Waals surface area contributed by atoms with E-state index in [0.29, 0.717) is 49.4 Å². The molecule has 0 spiro atoms. The molecule has 42 heavy (non-hydrogen) atoms. The van der Waals surface area contributed by atoms with E-state index in [2.05, 4.69) is 6.92 Å². The van der Waals surface area contributed by atoms with E-state index >= 15 is 0 Å². The summed E-state index contributed by atoms with van der Waals surface area (Å²) in [5, 5.41) is 1.40. The first-order chi connectivity index (χ1) is 20.2. The Kier molecular flexibility index (Phi) is 7.56. The van der Waals surface area contributed by atoms with E-state index in [1.54, 1.807) is 72.8 Å². The van der Waals surface area contributed by atoms with E-state index in [-0.39, 0.29) is 35.0 Å². The van der Waals surface area contributed by atoms with Gasteiger partial charge in [-0.05, 0) is 85.8 Å². The molecule has 2 fully saturated rings. The number of nitrogens with zero attached hydrogens (tertiary/aromatic N) is 2. The summed E-state index contributed by atoms with van der Waals surface area (Å²) in [5.74, 6) is -1.41. The normalized spacial score (nSPS) is 20.1. The van der Waals surface area contributed by atoms with Crippen LogP contribution in [0.15, 0.2) is 72.8 Å². The third kappa shape index (κ3) is 5.30. The predicted molar refractivity (Wildman–Crippen MR) is 161 cm³/mol. The van der Waals surface area contributed by atoms with Crippen molar-refractivity contribution in [2.45, 2.75) is 26.2 Å². The van der Waals surface area contributed by atoms with Crippen molar-refractivity contribution in [1.29, 1.82) is 0 Å². The second-order valence-corrected chi connectivity index (χ2v) is 11.8. The number of amides is 2. The molecule has 0 bridgehead atoms. The van der Waals surface area contributed by atoms with Crippen LogP contribution in [-0.2, 0) is 14.3 Å². The van der Waals surface area contributed by atoms with Crippen molar-refractivity contribution in [2.75, 3.05) is 11.5 Å². The molecule has 2 aliphatic rings. The molecule has 1 saturated carbocycles. The Bertz CT molecular complexity index is 1740. The molecule has 3 aromatic carbocycles. The average molecular weight is 601 g/mol. The van der Waals surface area contributed by atoms with Crippen molar-refractivity contribution >= 4 is 63.4 Å². The number of rotatable bonds is 6. The molecule has 4 aromatic rings. The van der Waals surface area contributed by atoms with Gasteiger partial charge in [-0.25, -0.2) is 9.78 Å². The standard InChI is InChI=1S/C33H26Cl2N2O5/c1-18-2-12-24-26(14-18)32(40)37(31(24)39)23-10-5-19(6-11-23)29-16-27(25-15-22(35)9-13-28(25)36-29)33(41)42-17-30(38)20-3-7-21(34)8-4-20/h3-11,13,15-16,18,24,26H,2,12,14,17H2,1H3. The van der Waals surface area contributed by atoms with Crippen LogP contribution >= 0.6 is 23.2 Å². The van der Waals surface area contributed by atoms with Gasteiger partial charge in [0.25, 0.3) is 0 Å². The number of carbonyl (C=O) groups excluding carboxylic acids is 4. The molecular weight excluding hydrogens is 575 g/mol. The molecule has 3 unspecified atom stereocenters. The number of halogens is 2. The molecule has 1 aromatic heterocycles. The maximum absolute atomic E-state index is 13.2. The van der Waals surface area contributed by atoms with E-state index < -0.39 is 12.6 Å². The Hall–Kier alpha value is -4.07. The Balaban J connectivity index is 1.27. The highest BCUT2D eigenvalue weighted by atomic mass is 35.5. The van der Waals surface area contributed by atoms with Crippen LogP contribution < -0.4 is 4.90 Å². The number of ether oxygens (including phenoxy) is 1. The molecule has 9 heteroatoms. The fourth-order valence-electron chi connectivity index (χ4n) is 5.87. The first kappa shape index (κ1) is 28.1. The van der Waals surface area contributed by atoms with Crippen molar-refractivity contribution in [3.63, 3.8) is 0 Å². The van der Waals surface area contributed by atoms with Gasteiger partial charge in [-0.15, -0.1) is 0 Å². The van der Waals surface area contributed by atoms with E-state index in [0.717, 1.165) is 19.3 Å². The number of ketones is 1. The number of fused-ring (bicyclic) bond motifs is 2. The largest absolute Gasteiger partial charge is 0.454 e. The highest BCUT2D eigenvalue weighted by Crippen LogP contribution is 2.42. The molecule has 0 radical (unpaired) electrons. The minimum Gasteiger partial charge on any atom is -0.454 e. The maximum Gasteiger partial charge on any atom is 0.339 e. The third-order valence-corrected chi connectivity index (χ3v) is 8.59. The summed E-state index contributed by atoms with van der Waals surface area (Å²) in [6, 6.07) is 19.9. The number of carbonyl (C=O) groups is 4. The summed E-state index contributed by atoms with van der Waals surface area (Å²) in [6.07, 6.45) is 2.42. The van der Waals surface area contributed by atoms with Crippen LogP contribution in [0, 0.1) is 17.8 Å². The lowest BCUT2D eigenvalue weighted by atomic mass is 9.76. The highest BCUT2D eigenvalue weighted by Gasteiger charge is 2.49. The fourth-order valence-corrected chi connectivity index (χ4v) is 6.17. The molecule has 6 rings (SSSR count). The Morgan fingerprint density at radius 2 is 1.57 bits per heavy atom. The number of hydrogen-bond donors (Lipinski definition) is 0. The second-order valence-electron chi connectivity index (χ2n) is 10.9. The number of esters is 1. The summed E-state index contributed by atoms with van der Waals surface area (Å²) in [6.45, 7) is 1.67. The van der Waals surface area contributed by atoms with Crippen LogP contribution in [0.1, 0.15) is 46.9 Å². The number of anilines is 1. The molecule has 2 amide bonds. The number of Topliss-reactive ketones (excluding diaryl/α,β-unsaturated/α-hetero) is 1. The Labute approximate surface area is 252 Å². The third-order valence-electron chi connectivity index (χ3n) is 8.10. The molecule has 0 N–H and O–H groups in total. The minimum absolute atomic E-state index is 0.136. The van der Waals surface area contributed by atoms with Gasteiger partial charge in [-0.2, -0.15) is 0 Å². The summed E-state index contributed by atoms with van der Waals surface area (Å²) >= 11 is 12.1. The van der Waals surface area contributed by atoms with E-state index in [1.165, 1.54) is 4.90 Å². The van der Waals surface area contributed by atoms with Crippen LogP contribution in [0.25, 0.3) is 22.2 Å². The predicted octanol–water partition coefficient (Wildman–Crippen LogP) is 7.17. The number of imide groups is 1. The van der Waals surface area contributed by atoms with E-state index in [1.807, 2.05) is 0 Å². The molecule has 7 nitrogen and oxygen atoms in total. The van der Waals surface area contributed by atoms with Crippen LogP contribution in [0.2, 0.25) is 10.0 Å². The molecule has 1 saturated heterocycles. The van der Waals surface area contributed by atoms with Gasteiger partial charge < -0.3 is 4.74 Å². The number of pyridine rings is 1. The van der Waals surface area contributed by atoms with Gasteiger partial charge in [0.05, 0.1) is 34.3 Å². The van der Waals surface area contributed by atoms with Crippen molar-refractivity contribution < 1.29 is 23.9 Å². The topological polar surface area (TPSA) is 93.6 Å². The second kappa shape index (κ2) is 11.3. The van der Waals surface area contributed by atoms with Crippen LogP contribution in [0.4, 0.5) is 5.69 Å². The summed E-state index contributed by atoms with van der Waals surface area (Å²) in [5.41, 5.74) is 2.76. The summed E-state index contributed by atoms with van der Waals surface area (Å²) < 4.78 is 5.40. The van der Waals surface area contributed by atoms with Crippen LogP contribution in [0.5, 0.6) is 0 Å². The van der Waals surface area contributed by atoms with Crippen molar-refractivity contribution in [3.8, 4) is 11.3 Å². The first-order valence-corrected chi connectivity index (χ1v) is 14.5. The van der Waals surface area contributed by atoms with Gasteiger partial charge in [0.15, 0.2) is 12.4 Å². The van der Waals surface area contributed by atoms with Gasteiger partial charge in [0, 0.05) is 26.6 Å². The number of aromatic nitrogens is 1. The highest BCUT2D eigenvalue weighted by molar-refractivity contribution is 6.31. The Morgan fingerprint density at radius 3 is 2.31 bits per heavy atom. The zero-order valence-corrected chi connectivity index (χ0v) is 24.2. The smallest absolute Gasteiger partial charge is 0.339 e. The lowest BCUT2D eigenvalue weighted by Gasteiger charge is -2.25. The zero-order chi connectivity index (χ0) is 29.5. The Morgan fingerprint density at radius 1 is 0.881 bits per heavy atom. The molecule has 3 atom stereocenters. The average Bonchev–Trinajstić information content (AvgIpc) is 3.24. The van der Waals surface area contributed by atoms with Gasteiger partial charge in [0.1, 0.15) is 0 Å². The van der Waals surface area contributed by atoms with Crippen molar-refractivity contribution in [3.05, 3.63) is 94.0 Å². The van der Waals surface area contributed by atoms with Gasteiger partial charge in [-0.3, -0.25) is 19.3 Å². The van der Waals surface area contributed by atoms with Crippen molar-refractivity contribution in [1.82, 2.24) is 4.98 Å². The maximum atomic E-state index is 13.2. The van der Waals surface area contributed by atoms with Crippen LogP contribution in [0.3, 0.4) is 0 Å². The van der Waals surface area contributed by atoms with Gasteiger partial charge >= 0.3 is 5.97 Å². The minimum atomic E-state index is -0.699. The summed E-state index contributed by atoms with van der Waals surface area (Å²) in [4.78, 5) is 58.1. The number of benzene rings is 3. The lowest BCUT2D eigenvalue weighted by molar-refractivity contribution is -0.122. The van der Waals surface area contributed by atoms with E-state index in [4.69, 9.17) is 32.9 Å². The van der Waals surface area contributed by atoms with Crippen LogP contribution in [-0.4, -0.2) is 35.2 Å². The SMILES string of the molecule is CC1CCC2C(=O)N(c3ccc(-c4cc(C(=O)OCC(=O)c5ccc(Cl)cc5)c5cc(Cl)ccc5n4)cc3)C(=O)C2C1. The molecule has 1 aliphatic carbocycles. The summed E-state index contributed by atoms with van der Waals surface area (Å²) in [7, 11) is 0. The monoisotopic (exact) mass is 600 g/mol. The quantitative estimate of drug-likeness (QED) is 0.132. The fraction of sp³-hybridized carbons (Fsp3) is 0.242. The molecule has 2 heterocycles. The van der Waals surface area contributed by atoms with Gasteiger partial charge in [0.2, 0.25) is 11.8 Å². The van der Waals surface area contributed by atoms with E-state index in [9.17, 15) is 19.2 Å². The first-order valence-electron chi connectivity index (χ1n) is 13.7. The molecular formula is C33H26Cl2N2O5. The number of hydrogen-bond acceptors (Lipinski definition) is 6. The molecule has 212 valence electrons. The van der Waals surface area contributed by atoms with Gasteiger partial charge in [-0.1, -0.05) is 42.3 Å². The lowest BCUT2D eigenvalue weighted by Crippen LogP contribution is -2.30. The zero-order valence-electron chi connectivity index (χ0n) is 22.7. The van der Waals surface area contributed by atoms with Crippen molar-refractivity contribution in [2.24, 2.45) is 17.8 Å².